The van der Waals surface area contributed by atoms with Crippen LogP contribution in [0.1, 0.15) is 11.1 Å². The first-order valence-electron chi connectivity index (χ1n) is 10.8. The molecule has 0 saturated heterocycles. The Hall–Kier alpha value is -2.35. The Labute approximate surface area is 242 Å². The summed E-state index contributed by atoms with van der Waals surface area (Å²) in [5.41, 5.74) is 2.51. The molecule has 0 nitrogen and oxygen atoms in total. The second-order valence-electron chi connectivity index (χ2n) is 7.46. The standard InChI is InChI=1S/C13H11Si.2C9H7.2ClH.Zr/c14-13(11-7-3-1-4-8-11)12-9-5-2-6-10-12;2*1-2-5-9-7-3-6-8(9)4-1;;;/h1-10,14H;2*1-7H;2*1H;/q;2*-1;;;+4/p-2. The Balaban J connectivity index is 0.000000260. The van der Waals surface area contributed by atoms with E-state index in [-0.39, 0.29) is 51.0 Å². The van der Waals surface area contributed by atoms with E-state index in [2.05, 4.69) is 143 Å². The van der Waals surface area contributed by atoms with Crippen LogP contribution >= 0.6 is 0 Å². The molecule has 0 saturated carbocycles. The van der Waals surface area contributed by atoms with E-state index in [1.54, 1.807) is 0 Å². The third-order valence-electron chi connectivity index (χ3n) is 5.26. The van der Waals surface area contributed by atoms with E-state index >= 15 is 0 Å². The van der Waals surface area contributed by atoms with Gasteiger partial charge >= 0.3 is 26.2 Å². The van der Waals surface area contributed by atoms with Gasteiger partial charge in [-0.2, -0.15) is 35.0 Å². The smallest absolute Gasteiger partial charge is 1.00 e. The molecule has 0 unspecified atom stereocenters. The summed E-state index contributed by atoms with van der Waals surface area (Å²) < 4.78 is 0. The maximum absolute atomic E-state index is 2.80. The Bertz CT molecular complexity index is 1220. The summed E-state index contributed by atoms with van der Waals surface area (Å²) >= 11 is 0. The summed E-state index contributed by atoms with van der Waals surface area (Å²) in [5.74, 6) is 0. The zero-order chi connectivity index (χ0) is 22.0. The minimum absolute atomic E-state index is 0. The molecule has 0 atom stereocenters. The second-order valence-corrected chi connectivity index (χ2v) is 8.03. The van der Waals surface area contributed by atoms with Gasteiger partial charge in [0.25, 0.3) is 0 Å². The minimum Gasteiger partial charge on any atom is -1.00 e. The average molecular weight is 588 g/mol. The van der Waals surface area contributed by atoms with Crippen LogP contribution in [-0.4, -0.2) is 15.0 Å². The molecule has 0 aliphatic heterocycles. The molecule has 0 aliphatic carbocycles. The number of fused-ring (bicyclic) bond motifs is 2. The molecule has 0 heterocycles. The monoisotopic (exact) mass is 585 g/mol. The van der Waals surface area contributed by atoms with Crippen molar-refractivity contribution in [2.75, 3.05) is 0 Å². The van der Waals surface area contributed by atoms with Crippen LogP contribution in [0.5, 0.6) is 0 Å². The van der Waals surface area contributed by atoms with E-state index in [0.717, 1.165) is 0 Å². The number of hydrogen-bond donors (Lipinski definition) is 0. The molecular formula is C31H25Cl2SiZr. The molecule has 6 aromatic rings. The van der Waals surface area contributed by atoms with Crippen molar-refractivity contribution >= 4 is 36.6 Å². The molecule has 35 heavy (non-hydrogen) atoms. The van der Waals surface area contributed by atoms with Crippen molar-refractivity contribution < 1.29 is 51.0 Å². The summed E-state index contributed by atoms with van der Waals surface area (Å²) in [4.78, 5) is 0. The third-order valence-corrected chi connectivity index (χ3v) is 5.93. The van der Waals surface area contributed by atoms with Crippen molar-refractivity contribution in [2.45, 2.75) is 0 Å². The first-order valence-corrected chi connectivity index (χ1v) is 11.3. The van der Waals surface area contributed by atoms with Gasteiger partial charge in [-0.25, -0.2) is 0 Å². The average Bonchev–Trinajstić information content (AvgIpc) is 3.55. The summed E-state index contributed by atoms with van der Waals surface area (Å²) in [7, 11) is 2.80. The molecule has 0 spiro atoms. The molecule has 6 rings (SSSR count). The molecule has 0 aromatic heterocycles. The van der Waals surface area contributed by atoms with E-state index in [9.17, 15) is 0 Å². The van der Waals surface area contributed by atoms with Gasteiger partial charge in [0, 0.05) is 9.85 Å². The van der Waals surface area contributed by atoms with Gasteiger partial charge in [-0.15, -0.1) is 59.3 Å². The third kappa shape index (κ3) is 8.98. The van der Waals surface area contributed by atoms with E-state index in [1.807, 2.05) is 12.1 Å². The molecule has 0 N–H and O–H groups in total. The van der Waals surface area contributed by atoms with Gasteiger partial charge in [0.2, 0.25) is 0 Å². The van der Waals surface area contributed by atoms with Gasteiger partial charge < -0.3 is 24.8 Å². The molecule has 0 fully saturated rings. The fourth-order valence-corrected chi connectivity index (χ4v) is 3.93. The van der Waals surface area contributed by atoms with Gasteiger partial charge in [0.15, 0.2) is 0 Å². The Kier molecular flexibility index (Phi) is 14.3. The Morgan fingerprint density at radius 1 is 0.457 bits per heavy atom. The summed E-state index contributed by atoms with van der Waals surface area (Å²) in [6, 6.07) is 50.1. The van der Waals surface area contributed by atoms with Gasteiger partial charge in [-0.3, -0.25) is 0 Å². The van der Waals surface area contributed by atoms with E-state index in [0.29, 0.717) is 0 Å². The number of rotatable bonds is 2. The van der Waals surface area contributed by atoms with Crippen molar-refractivity contribution in [3.05, 3.63) is 157 Å². The van der Waals surface area contributed by atoms with Gasteiger partial charge in [-0.05, 0) is 16.3 Å². The molecular weight excluding hydrogens is 563 g/mol. The Morgan fingerprint density at radius 3 is 1.17 bits per heavy atom. The predicted octanol–water partition coefficient (Wildman–Crippen LogP) is 1.28. The van der Waals surface area contributed by atoms with Crippen molar-refractivity contribution in [3.63, 3.8) is 0 Å². The van der Waals surface area contributed by atoms with Crippen molar-refractivity contribution in [3.8, 4) is 0 Å². The molecule has 0 bridgehead atoms. The van der Waals surface area contributed by atoms with E-state index in [1.165, 1.54) is 37.8 Å². The fraction of sp³-hybridized carbons (Fsp3) is 0. The zero-order valence-electron chi connectivity index (χ0n) is 19.2. The predicted molar refractivity (Wildman–Crippen MR) is 142 cm³/mol. The van der Waals surface area contributed by atoms with Crippen LogP contribution in [0, 0.1) is 0 Å². The fourth-order valence-electron chi connectivity index (χ4n) is 3.54. The van der Waals surface area contributed by atoms with Crippen LogP contribution in [-0.2, 0) is 26.2 Å². The first kappa shape index (κ1) is 30.7. The van der Waals surface area contributed by atoms with Gasteiger partial charge in [-0.1, -0.05) is 72.8 Å². The van der Waals surface area contributed by atoms with Crippen LogP contribution in [0.4, 0.5) is 0 Å². The van der Waals surface area contributed by atoms with Crippen LogP contribution < -0.4 is 24.8 Å². The SMILES string of the molecule is [Cl-].[Cl-].[SiH]=C(c1ccccc1)c1ccccc1.[Zr+4].c1ccc2[cH-]ccc2c1.c1ccc2[cH-]ccc2c1. The zero-order valence-corrected chi connectivity index (χ0v) is 24.3. The van der Waals surface area contributed by atoms with Crippen LogP contribution in [0.2, 0.25) is 0 Å². The maximum atomic E-state index is 2.80. The van der Waals surface area contributed by atoms with E-state index < -0.39 is 0 Å². The molecule has 0 aliphatic rings. The number of hydrogen-bond acceptors (Lipinski definition) is 0. The van der Waals surface area contributed by atoms with Crippen LogP contribution in [0.15, 0.2) is 146 Å². The summed E-state index contributed by atoms with van der Waals surface area (Å²) in [6.07, 6.45) is 0. The second kappa shape index (κ2) is 16.3. The first-order chi connectivity index (χ1) is 15.8. The molecule has 0 amide bonds. The van der Waals surface area contributed by atoms with Crippen molar-refractivity contribution in [1.82, 2.24) is 0 Å². The van der Waals surface area contributed by atoms with Gasteiger partial charge in [0.1, 0.15) is 0 Å². The number of halogens is 2. The van der Waals surface area contributed by atoms with Crippen molar-refractivity contribution in [1.29, 1.82) is 0 Å². The molecule has 6 aromatic carbocycles. The van der Waals surface area contributed by atoms with Crippen LogP contribution in [0.25, 0.3) is 21.5 Å². The maximum Gasteiger partial charge on any atom is 4.00 e. The quantitative estimate of drug-likeness (QED) is 0.212. The van der Waals surface area contributed by atoms with E-state index in [4.69, 9.17) is 0 Å². The largest absolute Gasteiger partial charge is 4.00 e. The molecule has 1 radical (unpaired) electrons. The van der Waals surface area contributed by atoms with Crippen molar-refractivity contribution in [2.24, 2.45) is 0 Å². The summed E-state index contributed by atoms with van der Waals surface area (Å²) in [5, 5.41) is 6.57. The molecule has 171 valence electrons. The minimum atomic E-state index is 0. The Morgan fingerprint density at radius 2 is 0.800 bits per heavy atom. The topological polar surface area (TPSA) is 0 Å². The van der Waals surface area contributed by atoms with Gasteiger partial charge in [0.05, 0.1) is 0 Å². The summed E-state index contributed by atoms with van der Waals surface area (Å²) in [6.45, 7) is 0. The normalized spacial score (nSPS) is 9.14. The van der Waals surface area contributed by atoms with Crippen LogP contribution in [0.3, 0.4) is 0 Å². The molecule has 4 heteroatoms. The number of benzene rings is 4.